The van der Waals surface area contributed by atoms with Crippen LogP contribution in [0.4, 0.5) is 5.82 Å². The first kappa shape index (κ1) is 20.8. The highest BCUT2D eigenvalue weighted by molar-refractivity contribution is 5.89. The number of aryl methyl sites for hydroxylation is 2. The summed E-state index contributed by atoms with van der Waals surface area (Å²) in [5.41, 5.74) is 0.0644. The molecule has 4 aromatic rings. The monoisotopic (exact) mass is 433 g/mol. The van der Waals surface area contributed by atoms with Gasteiger partial charge in [-0.3, -0.25) is 14.2 Å². The zero-order valence-corrected chi connectivity index (χ0v) is 17.3. The van der Waals surface area contributed by atoms with Gasteiger partial charge < -0.3 is 9.84 Å². The molecule has 11 nitrogen and oxygen atoms in total. The first-order valence-electron chi connectivity index (χ1n) is 9.73. The summed E-state index contributed by atoms with van der Waals surface area (Å²) in [4.78, 5) is 45.5. The van der Waals surface area contributed by atoms with Crippen molar-refractivity contribution in [1.82, 2.24) is 29.5 Å². The minimum atomic E-state index is -0.655. The minimum Gasteiger partial charge on any atom is -0.339 e. The van der Waals surface area contributed by atoms with Gasteiger partial charge in [0.05, 0.1) is 5.69 Å². The lowest BCUT2D eigenvalue weighted by molar-refractivity contribution is -0.116. The van der Waals surface area contributed by atoms with Gasteiger partial charge in [0.1, 0.15) is 5.82 Å². The molecular formula is C21H19N7O4. The first-order valence-corrected chi connectivity index (χ1v) is 9.73. The van der Waals surface area contributed by atoms with Gasteiger partial charge in [-0.25, -0.2) is 9.78 Å². The van der Waals surface area contributed by atoms with Gasteiger partial charge in [-0.05, 0) is 36.8 Å². The molecule has 0 radical (unpaired) electrons. The van der Waals surface area contributed by atoms with Crippen molar-refractivity contribution < 1.29 is 9.32 Å². The van der Waals surface area contributed by atoms with E-state index in [0.717, 1.165) is 14.8 Å². The molecule has 162 valence electrons. The Kier molecular flexibility index (Phi) is 5.71. The van der Waals surface area contributed by atoms with E-state index in [4.69, 9.17) is 4.52 Å². The minimum absolute atomic E-state index is 0.0639. The van der Waals surface area contributed by atoms with E-state index in [2.05, 4.69) is 25.5 Å². The largest absolute Gasteiger partial charge is 0.351 e. The molecular weight excluding hydrogens is 414 g/mol. The number of anilines is 1. The van der Waals surface area contributed by atoms with Crippen molar-refractivity contribution in [1.29, 1.82) is 0 Å². The predicted octanol–water partition coefficient (Wildman–Crippen LogP) is 1.26. The molecule has 3 heterocycles. The van der Waals surface area contributed by atoms with Gasteiger partial charge in [0.25, 0.3) is 5.56 Å². The highest BCUT2D eigenvalue weighted by Crippen LogP contribution is 2.12. The molecule has 0 aliphatic carbocycles. The van der Waals surface area contributed by atoms with E-state index < -0.39 is 11.2 Å². The number of nitrogens with zero attached hydrogens (tertiary/aromatic N) is 6. The van der Waals surface area contributed by atoms with Crippen molar-refractivity contribution >= 4 is 11.7 Å². The fourth-order valence-corrected chi connectivity index (χ4v) is 2.93. The summed E-state index contributed by atoms with van der Waals surface area (Å²) >= 11 is 0. The van der Waals surface area contributed by atoms with Crippen LogP contribution in [-0.4, -0.2) is 35.4 Å². The Morgan fingerprint density at radius 2 is 1.94 bits per heavy atom. The zero-order valence-electron chi connectivity index (χ0n) is 17.3. The summed E-state index contributed by atoms with van der Waals surface area (Å²) in [6, 6.07) is 12.3. The molecule has 0 saturated heterocycles. The smallest absolute Gasteiger partial charge is 0.339 e. The van der Waals surface area contributed by atoms with Crippen LogP contribution in [0.2, 0.25) is 0 Å². The SMILES string of the molecule is Cc1ccnc(NC(=O)CCc2nc(-c3nn(-c4ccccc4)c(=O)n(C)c3=O)no2)c1. The average molecular weight is 433 g/mol. The van der Waals surface area contributed by atoms with Gasteiger partial charge >= 0.3 is 5.69 Å². The molecule has 32 heavy (non-hydrogen) atoms. The number of amides is 1. The molecule has 0 fully saturated rings. The number of aromatic nitrogens is 6. The van der Waals surface area contributed by atoms with Crippen LogP contribution in [-0.2, 0) is 18.3 Å². The van der Waals surface area contributed by atoms with Crippen LogP contribution in [0.25, 0.3) is 17.2 Å². The summed E-state index contributed by atoms with van der Waals surface area (Å²) in [5.74, 6) is 0.284. The predicted molar refractivity (Wildman–Crippen MR) is 114 cm³/mol. The van der Waals surface area contributed by atoms with Crippen molar-refractivity contribution in [3.63, 3.8) is 0 Å². The maximum absolute atomic E-state index is 12.6. The number of nitrogens with one attached hydrogen (secondary N) is 1. The van der Waals surface area contributed by atoms with Crippen LogP contribution in [0, 0.1) is 6.92 Å². The summed E-state index contributed by atoms with van der Waals surface area (Å²) < 4.78 is 7.19. The molecule has 0 aliphatic heterocycles. The number of benzene rings is 1. The van der Waals surface area contributed by atoms with Gasteiger partial charge in [-0.15, -0.1) is 0 Å². The number of carbonyl (C=O) groups excluding carboxylic acids is 1. The fourth-order valence-electron chi connectivity index (χ4n) is 2.93. The number of para-hydroxylation sites is 1. The van der Waals surface area contributed by atoms with Crippen molar-refractivity contribution in [3.8, 4) is 17.2 Å². The van der Waals surface area contributed by atoms with E-state index in [-0.39, 0.29) is 36.2 Å². The molecule has 0 bridgehead atoms. The van der Waals surface area contributed by atoms with Crippen LogP contribution in [0.3, 0.4) is 0 Å². The average Bonchev–Trinajstić information content (AvgIpc) is 3.26. The maximum atomic E-state index is 12.6. The summed E-state index contributed by atoms with van der Waals surface area (Å²) in [7, 11) is 1.35. The lowest BCUT2D eigenvalue weighted by Gasteiger charge is -2.07. The molecule has 0 aliphatic rings. The standard InChI is InChI=1S/C21H19N7O4/c1-13-10-11-22-15(12-13)23-16(29)8-9-17-24-19(26-32-17)18-20(30)27(2)21(31)28(25-18)14-6-4-3-5-7-14/h3-7,10-12H,8-9H2,1-2H3,(H,22,23,29). The van der Waals surface area contributed by atoms with E-state index >= 15 is 0 Å². The Labute approximate surface area is 181 Å². The van der Waals surface area contributed by atoms with Crippen LogP contribution < -0.4 is 16.6 Å². The summed E-state index contributed by atoms with van der Waals surface area (Å²) in [6.07, 6.45) is 1.84. The molecule has 0 atom stereocenters. The first-order chi connectivity index (χ1) is 15.4. The Balaban J connectivity index is 1.53. The van der Waals surface area contributed by atoms with Crippen molar-refractivity contribution in [2.45, 2.75) is 19.8 Å². The number of hydrogen-bond acceptors (Lipinski definition) is 8. The van der Waals surface area contributed by atoms with Crippen LogP contribution in [0.1, 0.15) is 17.9 Å². The number of hydrogen-bond donors (Lipinski definition) is 1. The maximum Gasteiger partial charge on any atom is 0.351 e. The Morgan fingerprint density at radius 1 is 1.16 bits per heavy atom. The van der Waals surface area contributed by atoms with Crippen molar-refractivity contribution in [2.75, 3.05) is 5.32 Å². The molecule has 1 amide bonds. The van der Waals surface area contributed by atoms with Gasteiger partial charge in [0.15, 0.2) is 5.69 Å². The lowest BCUT2D eigenvalue weighted by atomic mass is 10.2. The third kappa shape index (κ3) is 4.36. The second kappa shape index (κ2) is 8.76. The van der Waals surface area contributed by atoms with Crippen LogP contribution in [0.5, 0.6) is 0 Å². The molecule has 1 aromatic carbocycles. The molecule has 3 aromatic heterocycles. The normalized spacial score (nSPS) is 10.8. The summed E-state index contributed by atoms with van der Waals surface area (Å²) in [6.45, 7) is 1.90. The highest BCUT2D eigenvalue weighted by Gasteiger charge is 2.19. The third-order valence-electron chi connectivity index (χ3n) is 4.60. The Hall–Kier alpha value is -4.41. The molecule has 0 saturated carbocycles. The lowest BCUT2D eigenvalue weighted by Crippen LogP contribution is -2.40. The fraction of sp³-hybridized carbons (Fsp3) is 0.190. The number of pyridine rings is 1. The van der Waals surface area contributed by atoms with E-state index in [9.17, 15) is 14.4 Å². The van der Waals surface area contributed by atoms with Crippen LogP contribution in [0.15, 0.2) is 62.8 Å². The molecule has 0 unspecified atom stereocenters. The van der Waals surface area contributed by atoms with Crippen molar-refractivity contribution in [3.05, 3.63) is 81.0 Å². The molecule has 11 heteroatoms. The highest BCUT2D eigenvalue weighted by atomic mass is 16.5. The van der Waals surface area contributed by atoms with E-state index in [0.29, 0.717) is 11.5 Å². The van der Waals surface area contributed by atoms with Gasteiger partial charge in [0, 0.05) is 26.1 Å². The summed E-state index contributed by atoms with van der Waals surface area (Å²) in [5, 5.41) is 10.6. The number of carbonyl (C=O) groups is 1. The molecule has 1 N–H and O–H groups in total. The van der Waals surface area contributed by atoms with E-state index in [1.807, 2.05) is 13.0 Å². The zero-order chi connectivity index (χ0) is 22.7. The van der Waals surface area contributed by atoms with Gasteiger partial charge in [-0.1, -0.05) is 23.4 Å². The Morgan fingerprint density at radius 3 is 2.69 bits per heavy atom. The Bertz CT molecular complexity index is 1390. The van der Waals surface area contributed by atoms with Gasteiger partial charge in [0.2, 0.25) is 17.6 Å². The second-order valence-corrected chi connectivity index (χ2v) is 7.02. The molecule has 0 spiro atoms. The van der Waals surface area contributed by atoms with E-state index in [1.165, 1.54) is 7.05 Å². The second-order valence-electron chi connectivity index (χ2n) is 7.02. The van der Waals surface area contributed by atoms with E-state index in [1.54, 1.807) is 42.6 Å². The quantitative estimate of drug-likeness (QED) is 0.480. The van der Waals surface area contributed by atoms with Crippen molar-refractivity contribution in [2.24, 2.45) is 7.05 Å². The van der Waals surface area contributed by atoms with Gasteiger partial charge in [-0.2, -0.15) is 14.8 Å². The topological polar surface area (TPSA) is 138 Å². The number of rotatable bonds is 6. The molecule has 4 rings (SSSR count). The van der Waals surface area contributed by atoms with Crippen LogP contribution >= 0.6 is 0 Å². The third-order valence-corrected chi connectivity index (χ3v) is 4.60.